The lowest BCUT2D eigenvalue weighted by Gasteiger charge is -2.66. The molecule has 7 atom stereocenters. The van der Waals surface area contributed by atoms with Crippen LogP contribution in [0.25, 0.3) is 0 Å². The van der Waals surface area contributed by atoms with Gasteiger partial charge < -0.3 is 14.2 Å². The van der Waals surface area contributed by atoms with E-state index in [1.807, 2.05) is 0 Å². The number of carbonyl (C=O) groups excluding carboxylic acids is 3. The molecule has 4 fully saturated rings. The Morgan fingerprint density at radius 2 is 1.83 bits per heavy atom. The number of fused-ring (bicyclic) bond motifs is 2. The molecule has 3 saturated carbocycles. The Labute approximate surface area is 173 Å². The summed E-state index contributed by atoms with van der Waals surface area (Å²) in [5.41, 5.74) is -0.463. The molecule has 0 radical (unpaired) electrons. The van der Waals surface area contributed by atoms with Crippen molar-refractivity contribution in [2.24, 2.45) is 39.9 Å². The molecule has 1 saturated heterocycles. The summed E-state index contributed by atoms with van der Waals surface area (Å²) >= 11 is 0. The van der Waals surface area contributed by atoms with Gasteiger partial charge in [0.2, 0.25) is 0 Å². The molecule has 162 valence electrons. The van der Waals surface area contributed by atoms with E-state index >= 15 is 0 Å². The number of carbonyl (C=O) groups is 3. The second-order valence-corrected chi connectivity index (χ2v) is 10.7. The summed E-state index contributed by atoms with van der Waals surface area (Å²) in [6, 6.07) is 0. The molecule has 6 heteroatoms. The summed E-state index contributed by atoms with van der Waals surface area (Å²) in [7, 11) is 1.37. The van der Waals surface area contributed by atoms with E-state index in [1.54, 1.807) is 0 Å². The zero-order chi connectivity index (χ0) is 21.2. The van der Waals surface area contributed by atoms with Gasteiger partial charge in [-0.3, -0.25) is 14.4 Å². The van der Waals surface area contributed by atoms with E-state index in [0.29, 0.717) is 12.3 Å². The molecule has 4 aliphatic rings. The van der Waals surface area contributed by atoms with E-state index in [-0.39, 0.29) is 41.3 Å². The van der Waals surface area contributed by atoms with Gasteiger partial charge in [0, 0.05) is 6.92 Å². The SMILES string of the molecule is COC(=O)[C@@H]1CCC2[C@@]3(C)CCCC(C)(C)C3C[C@@H](OC(C)=O)[C@]23COC(=O)[C@H]13. The fourth-order valence-corrected chi connectivity index (χ4v) is 8.06. The van der Waals surface area contributed by atoms with Gasteiger partial charge in [0.05, 0.1) is 24.4 Å². The van der Waals surface area contributed by atoms with Crippen LogP contribution in [-0.2, 0) is 28.6 Å². The van der Waals surface area contributed by atoms with Gasteiger partial charge in [-0.15, -0.1) is 0 Å². The minimum absolute atomic E-state index is 0.0335. The third kappa shape index (κ3) is 2.77. The van der Waals surface area contributed by atoms with Crippen LogP contribution in [0, 0.1) is 39.9 Å². The number of hydrogen-bond donors (Lipinski definition) is 0. The van der Waals surface area contributed by atoms with Crippen molar-refractivity contribution in [1.82, 2.24) is 0 Å². The normalized spacial score (nSPS) is 45.3. The Kier molecular flexibility index (Phi) is 4.78. The van der Waals surface area contributed by atoms with Crippen LogP contribution < -0.4 is 0 Å². The van der Waals surface area contributed by atoms with Crippen molar-refractivity contribution >= 4 is 17.9 Å². The maximum atomic E-state index is 12.9. The predicted octanol–water partition coefficient (Wildman–Crippen LogP) is 3.51. The van der Waals surface area contributed by atoms with Gasteiger partial charge in [0.15, 0.2) is 0 Å². The molecule has 1 spiro atoms. The number of esters is 3. The molecule has 1 heterocycles. The van der Waals surface area contributed by atoms with E-state index in [1.165, 1.54) is 14.0 Å². The molecule has 4 rings (SSSR count). The van der Waals surface area contributed by atoms with Gasteiger partial charge in [0.25, 0.3) is 0 Å². The van der Waals surface area contributed by atoms with Crippen LogP contribution in [-0.4, -0.2) is 37.7 Å². The van der Waals surface area contributed by atoms with Crippen molar-refractivity contribution < 1.29 is 28.6 Å². The molecule has 0 aromatic heterocycles. The summed E-state index contributed by atoms with van der Waals surface area (Å²) in [4.78, 5) is 37.6. The molecule has 0 aromatic rings. The quantitative estimate of drug-likeness (QED) is 0.516. The van der Waals surface area contributed by atoms with Crippen molar-refractivity contribution in [2.45, 2.75) is 72.3 Å². The van der Waals surface area contributed by atoms with Crippen molar-refractivity contribution in [3.8, 4) is 0 Å². The smallest absolute Gasteiger partial charge is 0.310 e. The molecule has 0 bridgehead atoms. The van der Waals surface area contributed by atoms with Gasteiger partial charge in [-0.05, 0) is 54.8 Å². The molecular weight excluding hydrogens is 372 g/mol. The van der Waals surface area contributed by atoms with Gasteiger partial charge in [-0.25, -0.2) is 0 Å². The number of methoxy groups -OCH3 is 1. The molecule has 1 aliphatic heterocycles. The maximum Gasteiger partial charge on any atom is 0.310 e. The number of hydrogen-bond acceptors (Lipinski definition) is 6. The lowest BCUT2D eigenvalue weighted by Crippen LogP contribution is -2.67. The Morgan fingerprint density at radius 1 is 1.10 bits per heavy atom. The van der Waals surface area contributed by atoms with Gasteiger partial charge in [-0.1, -0.05) is 27.2 Å². The Bertz CT molecular complexity index is 729. The van der Waals surface area contributed by atoms with Crippen molar-refractivity contribution in [2.75, 3.05) is 13.7 Å². The zero-order valence-electron chi connectivity index (χ0n) is 18.3. The van der Waals surface area contributed by atoms with E-state index in [2.05, 4.69) is 20.8 Å². The van der Waals surface area contributed by atoms with Crippen LogP contribution in [0.5, 0.6) is 0 Å². The van der Waals surface area contributed by atoms with E-state index in [0.717, 1.165) is 32.1 Å². The second kappa shape index (κ2) is 6.71. The third-order valence-electron chi connectivity index (χ3n) is 9.05. The van der Waals surface area contributed by atoms with Crippen LogP contribution in [0.4, 0.5) is 0 Å². The first-order chi connectivity index (χ1) is 13.6. The first kappa shape index (κ1) is 20.7. The number of cyclic esters (lactones) is 1. The van der Waals surface area contributed by atoms with Gasteiger partial charge in [0.1, 0.15) is 12.7 Å². The van der Waals surface area contributed by atoms with Crippen LogP contribution in [0.2, 0.25) is 0 Å². The predicted molar refractivity (Wildman–Crippen MR) is 105 cm³/mol. The summed E-state index contributed by atoms with van der Waals surface area (Å²) < 4.78 is 16.6. The molecule has 2 unspecified atom stereocenters. The van der Waals surface area contributed by atoms with E-state index < -0.39 is 23.4 Å². The van der Waals surface area contributed by atoms with Gasteiger partial charge >= 0.3 is 17.9 Å². The molecule has 6 nitrogen and oxygen atoms in total. The second-order valence-electron chi connectivity index (χ2n) is 10.7. The average Bonchev–Trinajstić information content (AvgIpc) is 2.99. The minimum atomic E-state index is -0.640. The highest BCUT2D eigenvalue weighted by atomic mass is 16.6. The summed E-state index contributed by atoms with van der Waals surface area (Å²) in [5.74, 6) is -1.57. The van der Waals surface area contributed by atoms with Crippen LogP contribution in [0.15, 0.2) is 0 Å². The molecule has 3 aliphatic carbocycles. The standard InChI is InChI=1S/C23H34O6/c1-13(24)29-17-11-16-21(2,3)9-6-10-22(16,4)15-8-7-14(19(25)27-5)18-20(26)28-12-23(15,17)18/h14-18H,6-12H2,1-5H3/t14-,15?,16?,17-,18+,22-,23+/m1/s1. The topological polar surface area (TPSA) is 78.9 Å². The Hall–Kier alpha value is -1.59. The Morgan fingerprint density at radius 3 is 2.48 bits per heavy atom. The largest absolute Gasteiger partial charge is 0.469 e. The molecule has 0 N–H and O–H groups in total. The average molecular weight is 407 g/mol. The summed E-state index contributed by atoms with van der Waals surface area (Å²) in [6.45, 7) is 8.68. The highest BCUT2D eigenvalue weighted by molar-refractivity contribution is 5.85. The van der Waals surface area contributed by atoms with Crippen LogP contribution in [0.1, 0.15) is 66.2 Å². The highest BCUT2D eigenvalue weighted by Gasteiger charge is 2.73. The number of rotatable bonds is 2. The molecule has 0 amide bonds. The number of ether oxygens (including phenoxy) is 3. The fourth-order valence-electron chi connectivity index (χ4n) is 8.06. The van der Waals surface area contributed by atoms with Crippen LogP contribution in [0.3, 0.4) is 0 Å². The highest BCUT2D eigenvalue weighted by Crippen LogP contribution is 2.71. The first-order valence-corrected chi connectivity index (χ1v) is 11.0. The van der Waals surface area contributed by atoms with Gasteiger partial charge in [-0.2, -0.15) is 0 Å². The van der Waals surface area contributed by atoms with Crippen molar-refractivity contribution in [3.05, 3.63) is 0 Å². The van der Waals surface area contributed by atoms with E-state index in [9.17, 15) is 14.4 Å². The molecular formula is C23H34O6. The minimum Gasteiger partial charge on any atom is -0.469 e. The fraction of sp³-hybridized carbons (Fsp3) is 0.870. The molecule has 0 aromatic carbocycles. The van der Waals surface area contributed by atoms with E-state index in [4.69, 9.17) is 14.2 Å². The van der Waals surface area contributed by atoms with Crippen molar-refractivity contribution in [1.29, 1.82) is 0 Å². The van der Waals surface area contributed by atoms with Crippen LogP contribution >= 0.6 is 0 Å². The zero-order valence-corrected chi connectivity index (χ0v) is 18.3. The monoisotopic (exact) mass is 406 g/mol. The lowest BCUT2D eigenvalue weighted by atomic mass is 9.38. The summed E-state index contributed by atoms with van der Waals surface area (Å²) in [5, 5.41) is 0. The lowest BCUT2D eigenvalue weighted by molar-refractivity contribution is -0.232. The third-order valence-corrected chi connectivity index (χ3v) is 9.05. The molecule has 29 heavy (non-hydrogen) atoms. The maximum absolute atomic E-state index is 12.9. The summed E-state index contributed by atoms with van der Waals surface area (Å²) in [6.07, 6.45) is 5.17. The Balaban J connectivity index is 1.85. The van der Waals surface area contributed by atoms with Crippen molar-refractivity contribution in [3.63, 3.8) is 0 Å². The first-order valence-electron chi connectivity index (χ1n) is 11.0.